The molecule has 0 bridgehead atoms. The standard InChI is InChI=1S/C21H23ClN4O2S/c1-4-26-19(11-15-6-9-17(28-3)10-7-15)24-25-21(26)29-13-20(27)23-18-12-16(22)8-5-14(18)2/h5-10,12H,4,11,13H2,1-3H3,(H,23,27). The summed E-state index contributed by atoms with van der Waals surface area (Å²) in [4.78, 5) is 12.4. The summed E-state index contributed by atoms with van der Waals surface area (Å²) in [7, 11) is 1.65. The maximum atomic E-state index is 12.4. The number of ether oxygens (including phenoxy) is 1. The highest BCUT2D eigenvalue weighted by atomic mass is 35.5. The van der Waals surface area contributed by atoms with Crippen molar-refractivity contribution in [2.24, 2.45) is 0 Å². The topological polar surface area (TPSA) is 69.0 Å². The second kappa shape index (κ2) is 9.80. The minimum absolute atomic E-state index is 0.109. The van der Waals surface area contributed by atoms with Gasteiger partial charge in [-0.3, -0.25) is 4.79 Å². The van der Waals surface area contributed by atoms with Gasteiger partial charge in [-0.2, -0.15) is 0 Å². The zero-order valence-corrected chi connectivity index (χ0v) is 18.2. The Hall–Kier alpha value is -2.51. The number of carbonyl (C=O) groups excluding carboxylic acids is 1. The molecule has 1 heterocycles. The van der Waals surface area contributed by atoms with Gasteiger partial charge in [0.25, 0.3) is 0 Å². The van der Waals surface area contributed by atoms with Gasteiger partial charge in [-0.1, -0.05) is 41.6 Å². The Kier molecular flexibility index (Phi) is 7.17. The van der Waals surface area contributed by atoms with Crippen LogP contribution in [0, 0.1) is 6.92 Å². The van der Waals surface area contributed by atoms with E-state index in [0.717, 1.165) is 40.1 Å². The van der Waals surface area contributed by atoms with Crippen molar-refractivity contribution in [3.63, 3.8) is 0 Å². The number of methoxy groups -OCH3 is 1. The number of carbonyl (C=O) groups is 1. The lowest BCUT2D eigenvalue weighted by molar-refractivity contribution is -0.113. The Morgan fingerprint density at radius 3 is 2.66 bits per heavy atom. The summed E-state index contributed by atoms with van der Waals surface area (Å²) in [6.07, 6.45) is 0.666. The molecule has 0 spiro atoms. The first-order chi connectivity index (χ1) is 14.0. The van der Waals surface area contributed by atoms with Crippen LogP contribution in [0.2, 0.25) is 5.02 Å². The van der Waals surface area contributed by atoms with Crippen molar-refractivity contribution in [3.8, 4) is 5.75 Å². The first kappa shape index (κ1) is 21.2. The van der Waals surface area contributed by atoms with Crippen LogP contribution < -0.4 is 10.1 Å². The van der Waals surface area contributed by atoms with E-state index in [1.807, 2.05) is 48.7 Å². The third kappa shape index (κ3) is 5.52. The van der Waals surface area contributed by atoms with E-state index in [4.69, 9.17) is 16.3 Å². The Morgan fingerprint density at radius 1 is 1.21 bits per heavy atom. The predicted molar refractivity (Wildman–Crippen MR) is 117 cm³/mol. The van der Waals surface area contributed by atoms with Gasteiger partial charge in [0.15, 0.2) is 5.16 Å². The highest BCUT2D eigenvalue weighted by molar-refractivity contribution is 7.99. The largest absolute Gasteiger partial charge is 0.497 e. The molecular weight excluding hydrogens is 408 g/mol. The van der Waals surface area contributed by atoms with Crippen molar-refractivity contribution >= 4 is 35.0 Å². The summed E-state index contributed by atoms with van der Waals surface area (Å²) in [5.41, 5.74) is 2.81. The molecule has 152 valence electrons. The van der Waals surface area contributed by atoms with E-state index in [9.17, 15) is 4.79 Å². The minimum atomic E-state index is -0.109. The number of nitrogens with zero attached hydrogens (tertiary/aromatic N) is 3. The van der Waals surface area contributed by atoms with Gasteiger partial charge in [-0.15, -0.1) is 10.2 Å². The predicted octanol–water partition coefficient (Wildman–Crippen LogP) is 4.59. The number of anilines is 1. The molecule has 3 rings (SSSR count). The van der Waals surface area contributed by atoms with E-state index >= 15 is 0 Å². The van der Waals surface area contributed by atoms with Crippen LogP contribution in [0.15, 0.2) is 47.6 Å². The van der Waals surface area contributed by atoms with Gasteiger partial charge in [0.2, 0.25) is 5.91 Å². The molecule has 1 aromatic heterocycles. The highest BCUT2D eigenvalue weighted by Gasteiger charge is 2.14. The fourth-order valence-corrected chi connectivity index (χ4v) is 3.84. The van der Waals surface area contributed by atoms with Gasteiger partial charge < -0.3 is 14.6 Å². The number of benzene rings is 2. The molecule has 2 aromatic carbocycles. The Bertz CT molecular complexity index is 989. The molecule has 0 fully saturated rings. The van der Waals surface area contributed by atoms with E-state index in [-0.39, 0.29) is 11.7 Å². The molecule has 0 saturated heterocycles. The molecule has 6 nitrogen and oxygen atoms in total. The third-order valence-electron chi connectivity index (χ3n) is 4.44. The van der Waals surface area contributed by atoms with Crippen LogP contribution in [0.3, 0.4) is 0 Å². The summed E-state index contributed by atoms with van der Waals surface area (Å²) in [6, 6.07) is 13.3. The summed E-state index contributed by atoms with van der Waals surface area (Å²) in [5, 5.41) is 12.8. The Labute approximate surface area is 179 Å². The quantitative estimate of drug-likeness (QED) is 0.529. The van der Waals surface area contributed by atoms with Gasteiger partial charge in [0.1, 0.15) is 11.6 Å². The number of hydrogen-bond acceptors (Lipinski definition) is 5. The first-order valence-corrected chi connectivity index (χ1v) is 10.6. The van der Waals surface area contributed by atoms with Gasteiger partial charge in [-0.05, 0) is 49.2 Å². The number of nitrogens with one attached hydrogen (secondary N) is 1. The second-order valence-electron chi connectivity index (χ2n) is 6.46. The minimum Gasteiger partial charge on any atom is -0.497 e. The molecule has 1 amide bonds. The number of thioether (sulfide) groups is 1. The Balaban J connectivity index is 1.63. The van der Waals surface area contributed by atoms with Crippen molar-refractivity contribution in [3.05, 3.63) is 64.4 Å². The molecule has 3 aromatic rings. The van der Waals surface area contributed by atoms with E-state index in [2.05, 4.69) is 15.5 Å². The van der Waals surface area contributed by atoms with Crippen molar-refractivity contribution in [1.29, 1.82) is 0 Å². The molecule has 0 aliphatic rings. The number of halogens is 1. The summed E-state index contributed by atoms with van der Waals surface area (Å²) in [5.74, 6) is 1.82. The molecule has 0 aliphatic carbocycles. The van der Waals surface area contributed by atoms with Crippen molar-refractivity contribution in [2.75, 3.05) is 18.2 Å². The summed E-state index contributed by atoms with van der Waals surface area (Å²) >= 11 is 7.38. The second-order valence-corrected chi connectivity index (χ2v) is 7.84. The lowest BCUT2D eigenvalue weighted by Gasteiger charge is -2.10. The third-order valence-corrected chi connectivity index (χ3v) is 5.64. The van der Waals surface area contributed by atoms with Crippen molar-refractivity contribution < 1.29 is 9.53 Å². The number of aromatic nitrogens is 3. The van der Waals surface area contributed by atoms with Gasteiger partial charge >= 0.3 is 0 Å². The molecule has 0 unspecified atom stereocenters. The summed E-state index contributed by atoms with van der Waals surface area (Å²) < 4.78 is 7.23. The molecule has 0 saturated carbocycles. The SMILES string of the molecule is CCn1c(Cc2ccc(OC)cc2)nnc1SCC(=O)Nc1cc(Cl)ccc1C. The van der Waals surface area contributed by atoms with Crippen molar-refractivity contribution in [2.45, 2.75) is 32.0 Å². The molecular formula is C21H23ClN4O2S. The lowest BCUT2D eigenvalue weighted by atomic mass is 10.1. The zero-order chi connectivity index (χ0) is 20.8. The monoisotopic (exact) mass is 430 g/mol. The van der Waals surface area contributed by atoms with E-state index in [1.165, 1.54) is 11.8 Å². The maximum Gasteiger partial charge on any atom is 0.234 e. The van der Waals surface area contributed by atoms with Crippen LogP contribution in [-0.4, -0.2) is 33.5 Å². The van der Waals surface area contributed by atoms with Gasteiger partial charge in [0, 0.05) is 23.7 Å². The van der Waals surface area contributed by atoms with Gasteiger partial charge in [-0.25, -0.2) is 0 Å². The highest BCUT2D eigenvalue weighted by Crippen LogP contribution is 2.22. The van der Waals surface area contributed by atoms with Crippen LogP contribution >= 0.6 is 23.4 Å². The molecule has 0 radical (unpaired) electrons. The zero-order valence-electron chi connectivity index (χ0n) is 16.6. The molecule has 0 aliphatic heterocycles. The Morgan fingerprint density at radius 2 is 1.97 bits per heavy atom. The smallest absolute Gasteiger partial charge is 0.234 e. The van der Waals surface area contributed by atoms with Gasteiger partial charge in [0.05, 0.1) is 12.9 Å². The number of aryl methyl sites for hydroxylation is 1. The normalized spacial score (nSPS) is 10.8. The molecule has 1 N–H and O–H groups in total. The van der Waals surface area contributed by atoms with E-state index in [1.54, 1.807) is 19.2 Å². The number of amides is 1. The summed E-state index contributed by atoms with van der Waals surface area (Å²) in [6.45, 7) is 4.70. The van der Waals surface area contributed by atoms with Crippen LogP contribution in [0.25, 0.3) is 0 Å². The first-order valence-electron chi connectivity index (χ1n) is 9.24. The molecule has 8 heteroatoms. The van der Waals surface area contributed by atoms with E-state index in [0.29, 0.717) is 11.4 Å². The van der Waals surface area contributed by atoms with Crippen LogP contribution in [-0.2, 0) is 17.8 Å². The average molecular weight is 431 g/mol. The fraction of sp³-hybridized carbons (Fsp3) is 0.286. The van der Waals surface area contributed by atoms with E-state index < -0.39 is 0 Å². The molecule has 0 atom stereocenters. The van der Waals surface area contributed by atoms with Crippen LogP contribution in [0.4, 0.5) is 5.69 Å². The van der Waals surface area contributed by atoms with Crippen molar-refractivity contribution in [1.82, 2.24) is 14.8 Å². The molecule has 29 heavy (non-hydrogen) atoms. The maximum absolute atomic E-state index is 12.4. The average Bonchev–Trinajstić information content (AvgIpc) is 3.11. The van der Waals surface area contributed by atoms with Crippen LogP contribution in [0.5, 0.6) is 5.75 Å². The number of hydrogen-bond donors (Lipinski definition) is 1. The number of rotatable bonds is 8. The lowest BCUT2D eigenvalue weighted by Crippen LogP contribution is -2.15. The van der Waals surface area contributed by atoms with Crippen LogP contribution in [0.1, 0.15) is 23.9 Å². The fourth-order valence-electron chi connectivity index (χ4n) is 2.85.